The van der Waals surface area contributed by atoms with Gasteiger partial charge < -0.3 is 14.9 Å². The van der Waals surface area contributed by atoms with E-state index in [1.54, 1.807) is 0 Å². The summed E-state index contributed by atoms with van der Waals surface area (Å²) in [7, 11) is 0. The van der Waals surface area contributed by atoms with E-state index in [1.165, 1.54) is 0 Å². The summed E-state index contributed by atoms with van der Waals surface area (Å²) in [5.74, 6) is -3.33. The van der Waals surface area contributed by atoms with Gasteiger partial charge in [-0.1, -0.05) is 0 Å². The van der Waals surface area contributed by atoms with Crippen LogP contribution in [0.4, 0.5) is 0 Å². The number of aliphatic hydroxyl groups is 1. The summed E-state index contributed by atoms with van der Waals surface area (Å²) in [6.45, 7) is 0. The van der Waals surface area contributed by atoms with Crippen molar-refractivity contribution < 1.29 is 24.5 Å². The lowest BCUT2D eigenvalue weighted by Crippen LogP contribution is -2.31. The van der Waals surface area contributed by atoms with Crippen LogP contribution in [0.3, 0.4) is 0 Å². The van der Waals surface area contributed by atoms with Crippen LogP contribution in [0.25, 0.3) is 0 Å². The molecule has 3 aliphatic rings. The van der Waals surface area contributed by atoms with Gasteiger partial charge in [-0.3, -0.25) is 9.59 Å². The van der Waals surface area contributed by atoms with Crippen LogP contribution in [0.5, 0.6) is 0 Å². The first-order valence-electron chi connectivity index (χ1n) is 4.72. The van der Waals surface area contributed by atoms with Crippen molar-refractivity contribution in [2.45, 2.75) is 18.6 Å². The van der Waals surface area contributed by atoms with Crippen LogP contribution in [0.2, 0.25) is 0 Å². The van der Waals surface area contributed by atoms with Gasteiger partial charge in [0.2, 0.25) is 0 Å². The Balaban J connectivity index is 2.05. The van der Waals surface area contributed by atoms with E-state index in [4.69, 9.17) is 9.84 Å². The van der Waals surface area contributed by atoms with Crippen molar-refractivity contribution in [3.8, 4) is 0 Å². The van der Waals surface area contributed by atoms with E-state index in [0.717, 1.165) is 0 Å². The molecule has 1 aliphatic heterocycles. The van der Waals surface area contributed by atoms with Crippen molar-refractivity contribution in [2.75, 3.05) is 0 Å². The van der Waals surface area contributed by atoms with Crippen LogP contribution in [0, 0.1) is 23.7 Å². The minimum atomic E-state index is -0.987. The Morgan fingerprint density at radius 1 is 1.50 bits per heavy atom. The molecule has 0 aromatic heterocycles. The minimum absolute atomic E-state index is 0.233. The van der Waals surface area contributed by atoms with Crippen molar-refractivity contribution in [1.29, 1.82) is 0 Å². The van der Waals surface area contributed by atoms with Crippen molar-refractivity contribution in [2.24, 2.45) is 23.7 Å². The first-order valence-corrected chi connectivity index (χ1v) is 4.72. The van der Waals surface area contributed by atoms with E-state index in [2.05, 4.69) is 0 Å². The molecule has 1 heterocycles. The highest BCUT2D eigenvalue weighted by atomic mass is 16.6. The molecule has 2 aliphatic carbocycles. The number of rotatable bonds is 1. The number of hydrogen-bond donors (Lipinski definition) is 2. The van der Waals surface area contributed by atoms with Crippen LogP contribution in [0.1, 0.15) is 6.42 Å². The third kappa shape index (κ3) is 0.706. The molecule has 0 amide bonds. The fourth-order valence-corrected chi connectivity index (χ4v) is 3.37. The molecule has 0 aromatic rings. The molecule has 3 fully saturated rings. The molecular formula is C9H10O5. The van der Waals surface area contributed by atoms with E-state index in [1.807, 2.05) is 0 Å². The SMILES string of the molecule is O=C(O)[C@@H]1[C@@H]2C[C@H]3OC(=O)[C@H]1[C@@H]3[C@@H]2O. The topological polar surface area (TPSA) is 83.8 Å². The molecule has 76 valence electrons. The molecule has 2 saturated carbocycles. The van der Waals surface area contributed by atoms with Gasteiger partial charge in [0.25, 0.3) is 0 Å². The smallest absolute Gasteiger partial charge is 0.310 e. The largest absolute Gasteiger partial charge is 0.481 e. The average Bonchev–Trinajstić information content (AvgIpc) is 2.62. The number of esters is 1. The Labute approximate surface area is 79.7 Å². The van der Waals surface area contributed by atoms with Crippen molar-refractivity contribution in [3.05, 3.63) is 0 Å². The molecule has 1 saturated heterocycles. The van der Waals surface area contributed by atoms with E-state index in [0.29, 0.717) is 6.42 Å². The fourth-order valence-electron chi connectivity index (χ4n) is 3.37. The Kier molecular flexibility index (Phi) is 1.34. The van der Waals surface area contributed by atoms with Gasteiger partial charge in [0.05, 0.1) is 17.9 Å². The zero-order chi connectivity index (χ0) is 10.0. The summed E-state index contributed by atoms with van der Waals surface area (Å²) >= 11 is 0. The Morgan fingerprint density at radius 2 is 2.21 bits per heavy atom. The number of ether oxygens (including phenoxy) is 1. The third-order valence-corrected chi connectivity index (χ3v) is 3.85. The maximum Gasteiger partial charge on any atom is 0.310 e. The molecule has 2 bridgehead atoms. The monoisotopic (exact) mass is 198 g/mol. The molecular weight excluding hydrogens is 188 g/mol. The van der Waals surface area contributed by atoms with Gasteiger partial charge in [0, 0.05) is 11.8 Å². The molecule has 5 nitrogen and oxygen atoms in total. The number of hydrogen-bond acceptors (Lipinski definition) is 4. The van der Waals surface area contributed by atoms with Crippen LogP contribution in [-0.4, -0.2) is 34.4 Å². The number of carboxylic acid groups (broad SMARTS) is 1. The van der Waals surface area contributed by atoms with Gasteiger partial charge in [0.1, 0.15) is 6.10 Å². The van der Waals surface area contributed by atoms with Gasteiger partial charge in [-0.15, -0.1) is 0 Å². The van der Waals surface area contributed by atoms with Gasteiger partial charge >= 0.3 is 11.9 Å². The number of carbonyl (C=O) groups excluding carboxylic acids is 1. The molecule has 0 radical (unpaired) electrons. The van der Waals surface area contributed by atoms with Gasteiger partial charge in [0.15, 0.2) is 0 Å². The summed E-state index contributed by atoms with van der Waals surface area (Å²) in [6.07, 6.45) is -0.397. The molecule has 0 aromatic carbocycles. The van der Waals surface area contributed by atoms with Crippen LogP contribution in [0.15, 0.2) is 0 Å². The number of fused-ring (bicyclic) bond motifs is 1. The first-order chi connectivity index (χ1) is 6.61. The Hall–Kier alpha value is -1.10. The summed E-state index contributed by atoms with van der Waals surface area (Å²) in [4.78, 5) is 22.3. The molecule has 6 atom stereocenters. The zero-order valence-electron chi connectivity index (χ0n) is 7.29. The highest BCUT2D eigenvalue weighted by Gasteiger charge is 2.68. The molecule has 14 heavy (non-hydrogen) atoms. The summed E-state index contributed by atoms with van der Waals surface area (Å²) in [5, 5.41) is 18.7. The van der Waals surface area contributed by atoms with Crippen LogP contribution in [-0.2, 0) is 14.3 Å². The normalized spacial score (nSPS) is 53.6. The van der Waals surface area contributed by atoms with Crippen LogP contribution < -0.4 is 0 Å². The molecule has 0 spiro atoms. The van der Waals surface area contributed by atoms with Gasteiger partial charge in [-0.25, -0.2) is 0 Å². The molecule has 2 N–H and O–H groups in total. The van der Waals surface area contributed by atoms with Crippen molar-refractivity contribution >= 4 is 11.9 Å². The number of aliphatic hydroxyl groups excluding tert-OH is 1. The predicted octanol–water partition coefficient (Wildman–Crippen LogP) is -0.761. The summed E-state index contributed by atoms with van der Waals surface area (Å²) < 4.78 is 5.03. The van der Waals surface area contributed by atoms with E-state index in [9.17, 15) is 14.7 Å². The Morgan fingerprint density at radius 3 is 2.86 bits per heavy atom. The summed E-state index contributed by atoms with van der Waals surface area (Å²) in [5.41, 5.74) is 0. The zero-order valence-corrected chi connectivity index (χ0v) is 7.29. The van der Waals surface area contributed by atoms with Gasteiger partial charge in [-0.05, 0) is 6.42 Å². The lowest BCUT2D eigenvalue weighted by Gasteiger charge is -2.19. The van der Waals surface area contributed by atoms with Crippen molar-refractivity contribution in [3.63, 3.8) is 0 Å². The maximum atomic E-state index is 11.4. The second-order valence-electron chi connectivity index (χ2n) is 4.33. The highest BCUT2D eigenvalue weighted by molar-refractivity contribution is 5.85. The molecule has 3 rings (SSSR count). The second kappa shape index (κ2) is 2.28. The predicted molar refractivity (Wildman–Crippen MR) is 42.1 cm³/mol. The quantitative estimate of drug-likeness (QED) is 0.541. The fraction of sp³-hybridized carbons (Fsp3) is 0.778. The molecule has 5 heteroatoms. The number of carbonyl (C=O) groups is 2. The van der Waals surface area contributed by atoms with Crippen LogP contribution >= 0.6 is 0 Å². The number of carboxylic acids is 1. The third-order valence-electron chi connectivity index (χ3n) is 3.85. The minimum Gasteiger partial charge on any atom is -0.481 e. The standard InChI is InChI=1S/C9H10O5/c10-7-2-1-3-5(7)6(9(13)14-3)4(2)8(11)12/h2-7,10H,1H2,(H,11,12)/t2-,3+,4+,5+,6+,7+/m0/s1. The summed E-state index contributed by atoms with van der Waals surface area (Å²) in [6, 6.07) is 0. The maximum absolute atomic E-state index is 11.4. The van der Waals surface area contributed by atoms with E-state index < -0.39 is 29.9 Å². The lowest BCUT2D eigenvalue weighted by atomic mass is 9.80. The molecule has 0 unspecified atom stereocenters. The average molecular weight is 198 g/mol. The highest BCUT2D eigenvalue weighted by Crippen LogP contribution is 2.57. The second-order valence-corrected chi connectivity index (χ2v) is 4.33. The Bertz CT molecular complexity index is 325. The van der Waals surface area contributed by atoms with Gasteiger partial charge in [-0.2, -0.15) is 0 Å². The van der Waals surface area contributed by atoms with Crippen molar-refractivity contribution in [1.82, 2.24) is 0 Å². The first kappa shape index (κ1) is 8.23. The number of aliphatic carboxylic acids is 1. The van der Waals surface area contributed by atoms with E-state index >= 15 is 0 Å². The lowest BCUT2D eigenvalue weighted by molar-refractivity contribution is -0.151. The van der Waals surface area contributed by atoms with E-state index in [-0.39, 0.29) is 17.9 Å².